The monoisotopic (exact) mass is 502 g/mol. The number of likely N-dealkylation sites (tertiary alicyclic amines) is 1. The average Bonchev–Trinajstić information content (AvgIpc) is 2.83. The number of aryl methyl sites for hydroxylation is 1. The third-order valence-electron chi connectivity index (χ3n) is 6.97. The average molecular weight is 503 g/mol. The van der Waals surface area contributed by atoms with Gasteiger partial charge in [0.15, 0.2) is 0 Å². The Bertz CT molecular complexity index is 877. The number of carbonyl (C=O) groups is 1. The lowest BCUT2D eigenvalue weighted by molar-refractivity contribution is -0.123. The Balaban J connectivity index is 0.00000432. The molecule has 2 atom stereocenters. The molecular weight excluding hydrogens is 460 g/mol. The van der Waals surface area contributed by atoms with Crippen LogP contribution in [0.1, 0.15) is 87.9 Å². The first-order chi connectivity index (χ1) is 16.5. The van der Waals surface area contributed by atoms with Gasteiger partial charge in [0.05, 0.1) is 18.2 Å². The zero-order chi connectivity index (χ0) is 24.3. The first kappa shape index (κ1) is 29.0. The van der Waals surface area contributed by atoms with Gasteiger partial charge in [-0.2, -0.15) is 0 Å². The van der Waals surface area contributed by atoms with Crippen LogP contribution in [0.3, 0.4) is 0 Å². The Morgan fingerprint density at radius 3 is 2.29 bits per heavy atom. The van der Waals surface area contributed by atoms with Gasteiger partial charge in [-0.3, -0.25) is 9.69 Å². The number of benzene rings is 2. The van der Waals surface area contributed by atoms with Gasteiger partial charge in [-0.05, 0) is 68.0 Å². The van der Waals surface area contributed by atoms with Crippen molar-refractivity contribution < 1.29 is 15.0 Å². The smallest absolute Gasteiger partial charge is 0.234 e. The number of nitrogens with zero attached hydrogens (tertiary/aromatic N) is 1. The van der Waals surface area contributed by atoms with Crippen LogP contribution >= 0.6 is 12.4 Å². The fourth-order valence-corrected chi connectivity index (χ4v) is 4.91. The Kier molecular flexibility index (Phi) is 12.4. The molecule has 35 heavy (non-hydrogen) atoms. The summed E-state index contributed by atoms with van der Waals surface area (Å²) in [5, 5.41) is 25.0. The zero-order valence-corrected chi connectivity index (χ0v) is 22.2. The standard InChI is InChI=1S/C29H42N2O3.ClH/c1-3-4-7-12-22(2)15-16-23-19-25(32)28(26(33)20-23)29(24-13-8-5-9-14-24)30-27(34)21-31-17-10-6-11-18-31;/h5,8-9,13-14,19-20,22,29,32-33H,3-4,6-7,10-12,15-18,21H2,1-2H3,(H,30,34);1H. The number of hydrogen-bond donors (Lipinski definition) is 3. The van der Waals surface area contributed by atoms with Crippen LogP contribution in [0.2, 0.25) is 0 Å². The van der Waals surface area contributed by atoms with Crippen molar-refractivity contribution in [3.8, 4) is 11.5 Å². The lowest BCUT2D eigenvalue weighted by Gasteiger charge is -2.28. The van der Waals surface area contributed by atoms with Crippen LogP contribution in [0, 0.1) is 5.92 Å². The molecule has 0 aromatic heterocycles. The molecule has 0 spiro atoms. The van der Waals surface area contributed by atoms with Crippen molar-refractivity contribution in [3.63, 3.8) is 0 Å². The number of carbonyl (C=O) groups excluding carboxylic acids is 1. The maximum atomic E-state index is 12.9. The SMILES string of the molecule is CCCCCC(C)CCc1cc(O)c(C(NC(=O)CN2CCCCC2)c2ccccc2)c(O)c1.Cl. The summed E-state index contributed by atoms with van der Waals surface area (Å²) in [5.41, 5.74) is 2.11. The predicted octanol–water partition coefficient (Wildman–Crippen LogP) is 6.36. The number of aromatic hydroxyl groups is 2. The fourth-order valence-electron chi connectivity index (χ4n) is 4.91. The number of nitrogens with one attached hydrogen (secondary N) is 1. The van der Waals surface area contributed by atoms with E-state index in [1.807, 2.05) is 30.3 Å². The van der Waals surface area contributed by atoms with Crippen LogP contribution in [0.15, 0.2) is 42.5 Å². The van der Waals surface area contributed by atoms with E-state index in [4.69, 9.17) is 0 Å². The first-order valence-corrected chi connectivity index (χ1v) is 13.1. The van der Waals surface area contributed by atoms with E-state index in [2.05, 4.69) is 24.1 Å². The normalized spacial score (nSPS) is 15.7. The summed E-state index contributed by atoms with van der Waals surface area (Å²) < 4.78 is 0. The van der Waals surface area contributed by atoms with Crippen molar-refractivity contribution in [1.29, 1.82) is 0 Å². The van der Waals surface area contributed by atoms with Gasteiger partial charge in [0, 0.05) is 0 Å². The van der Waals surface area contributed by atoms with Crippen molar-refractivity contribution in [2.24, 2.45) is 5.92 Å². The van der Waals surface area contributed by atoms with Gasteiger partial charge in [0.25, 0.3) is 0 Å². The molecule has 3 N–H and O–H groups in total. The van der Waals surface area contributed by atoms with Crippen LogP contribution < -0.4 is 5.32 Å². The van der Waals surface area contributed by atoms with Crippen LogP contribution in [0.25, 0.3) is 0 Å². The maximum absolute atomic E-state index is 12.9. The van der Waals surface area contributed by atoms with Gasteiger partial charge in [-0.15, -0.1) is 12.4 Å². The second kappa shape index (κ2) is 15.0. The Morgan fingerprint density at radius 2 is 1.66 bits per heavy atom. The van der Waals surface area contributed by atoms with Crippen molar-refractivity contribution >= 4 is 18.3 Å². The van der Waals surface area contributed by atoms with Gasteiger partial charge in [-0.25, -0.2) is 0 Å². The highest BCUT2D eigenvalue weighted by Crippen LogP contribution is 2.38. The van der Waals surface area contributed by atoms with Gasteiger partial charge in [0.2, 0.25) is 5.91 Å². The number of halogens is 1. The van der Waals surface area contributed by atoms with E-state index in [1.165, 1.54) is 32.1 Å². The number of phenols is 2. The molecule has 0 radical (unpaired) electrons. The Labute approximate surface area is 217 Å². The molecule has 194 valence electrons. The summed E-state index contributed by atoms with van der Waals surface area (Å²) in [7, 11) is 0. The first-order valence-electron chi connectivity index (χ1n) is 13.1. The van der Waals surface area contributed by atoms with Crippen molar-refractivity contribution in [2.45, 2.75) is 77.7 Å². The molecule has 2 aromatic carbocycles. The molecule has 1 aliphatic heterocycles. The second-order valence-corrected chi connectivity index (χ2v) is 9.94. The molecule has 3 rings (SSSR count). The predicted molar refractivity (Wildman–Crippen MR) is 145 cm³/mol. The fraction of sp³-hybridized carbons (Fsp3) is 0.552. The molecule has 0 aliphatic carbocycles. The molecule has 1 heterocycles. The molecule has 2 aromatic rings. The summed E-state index contributed by atoms with van der Waals surface area (Å²) in [6.45, 7) is 6.69. The van der Waals surface area contributed by atoms with Gasteiger partial charge in [0.1, 0.15) is 11.5 Å². The molecule has 1 fully saturated rings. The highest BCUT2D eigenvalue weighted by atomic mass is 35.5. The van der Waals surface area contributed by atoms with Gasteiger partial charge in [-0.1, -0.05) is 76.3 Å². The number of hydrogen-bond acceptors (Lipinski definition) is 4. The molecule has 1 saturated heterocycles. The minimum Gasteiger partial charge on any atom is -0.507 e. The van der Waals surface area contributed by atoms with Gasteiger partial charge < -0.3 is 15.5 Å². The molecular formula is C29H43ClN2O3. The van der Waals surface area contributed by atoms with E-state index in [1.54, 1.807) is 12.1 Å². The third-order valence-corrected chi connectivity index (χ3v) is 6.97. The lowest BCUT2D eigenvalue weighted by Crippen LogP contribution is -2.41. The summed E-state index contributed by atoms with van der Waals surface area (Å²) >= 11 is 0. The maximum Gasteiger partial charge on any atom is 0.234 e. The van der Waals surface area contributed by atoms with Crippen LogP contribution in [-0.4, -0.2) is 40.7 Å². The number of unbranched alkanes of at least 4 members (excludes halogenated alkanes) is 2. The minimum absolute atomic E-state index is 0. The molecule has 0 saturated carbocycles. The molecule has 5 nitrogen and oxygen atoms in total. The van der Waals surface area contributed by atoms with E-state index in [0.717, 1.165) is 49.9 Å². The van der Waals surface area contributed by atoms with E-state index in [9.17, 15) is 15.0 Å². The van der Waals surface area contributed by atoms with Gasteiger partial charge >= 0.3 is 0 Å². The molecule has 0 bridgehead atoms. The molecule has 1 aliphatic rings. The summed E-state index contributed by atoms with van der Waals surface area (Å²) in [4.78, 5) is 15.1. The van der Waals surface area contributed by atoms with Crippen molar-refractivity contribution in [2.75, 3.05) is 19.6 Å². The van der Waals surface area contributed by atoms with Crippen LogP contribution in [-0.2, 0) is 11.2 Å². The molecule has 2 unspecified atom stereocenters. The summed E-state index contributed by atoms with van der Waals surface area (Å²) in [5.74, 6) is 0.572. The van der Waals surface area contributed by atoms with Crippen molar-refractivity contribution in [1.82, 2.24) is 10.2 Å². The van der Waals surface area contributed by atoms with E-state index < -0.39 is 6.04 Å². The van der Waals surface area contributed by atoms with E-state index in [0.29, 0.717) is 18.0 Å². The topological polar surface area (TPSA) is 72.8 Å². The Morgan fingerprint density at radius 1 is 1.00 bits per heavy atom. The van der Waals surface area contributed by atoms with Crippen LogP contribution in [0.4, 0.5) is 0 Å². The highest BCUT2D eigenvalue weighted by Gasteiger charge is 2.25. The number of amides is 1. The number of phenolic OH excluding ortho intramolecular Hbond substituents is 2. The number of rotatable bonds is 12. The zero-order valence-electron chi connectivity index (χ0n) is 21.3. The van der Waals surface area contributed by atoms with E-state index in [-0.39, 0.29) is 29.8 Å². The van der Waals surface area contributed by atoms with E-state index >= 15 is 0 Å². The quantitative estimate of drug-likeness (QED) is 0.295. The lowest BCUT2D eigenvalue weighted by atomic mass is 9.92. The second-order valence-electron chi connectivity index (χ2n) is 9.94. The van der Waals surface area contributed by atoms with Crippen LogP contribution in [0.5, 0.6) is 11.5 Å². The third kappa shape index (κ3) is 9.05. The summed E-state index contributed by atoms with van der Waals surface area (Å²) in [6.07, 6.45) is 10.3. The molecule has 1 amide bonds. The Hall–Kier alpha value is -2.24. The number of piperidine rings is 1. The molecule has 6 heteroatoms. The minimum atomic E-state index is -0.611. The summed E-state index contributed by atoms with van der Waals surface area (Å²) in [6, 6.07) is 12.4. The highest BCUT2D eigenvalue weighted by molar-refractivity contribution is 5.85. The van der Waals surface area contributed by atoms with Crippen molar-refractivity contribution in [3.05, 3.63) is 59.2 Å². The largest absolute Gasteiger partial charge is 0.507 e.